The van der Waals surface area contributed by atoms with E-state index in [-0.39, 0.29) is 18.1 Å². The van der Waals surface area contributed by atoms with E-state index in [9.17, 15) is 14.9 Å². The monoisotopic (exact) mass is 444 g/mol. The largest absolute Gasteiger partial charge is 0.350 e. The fourth-order valence-electron chi connectivity index (χ4n) is 3.82. The quantitative estimate of drug-likeness (QED) is 0.330. The Morgan fingerprint density at radius 1 is 1.09 bits per heavy atom. The van der Waals surface area contributed by atoms with Crippen LogP contribution in [-0.4, -0.2) is 30.4 Å². The van der Waals surface area contributed by atoms with Gasteiger partial charge in [-0.25, -0.2) is 0 Å². The summed E-state index contributed by atoms with van der Waals surface area (Å²) in [6.07, 6.45) is 3.69. The molecule has 0 saturated heterocycles. The first-order chi connectivity index (χ1) is 15.9. The Balaban J connectivity index is 1.43. The third kappa shape index (κ3) is 4.98. The first-order valence-corrected chi connectivity index (χ1v) is 10.5. The third-order valence-electron chi connectivity index (χ3n) is 5.48. The molecule has 9 nitrogen and oxygen atoms in total. The number of rotatable bonds is 8. The predicted molar refractivity (Wildman–Crippen MR) is 123 cm³/mol. The molecule has 4 aromatic rings. The van der Waals surface area contributed by atoms with E-state index in [2.05, 4.69) is 39.8 Å². The first-order valence-electron chi connectivity index (χ1n) is 10.5. The van der Waals surface area contributed by atoms with Gasteiger partial charge in [0.15, 0.2) is 0 Å². The zero-order valence-electron chi connectivity index (χ0n) is 18.4. The lowest BCUT2D eigenvalue weighted by Crippen LogP contribution is -2.28. The van der Waals surface area contributed by atoms with Gasteiger partial charge < -0.3 is 5.32 Å². The highest BCUT2D eigenvalue weighted by atomic mass is 16.6. The van der Waals surface area contributed by atoms with Crippen LogP contribution < -0.4 is 5.32 Å². The number of carbonyl (C=O) groups excluding carboxylic acids is 1. The summed E-state index contributed by atoms with van der Waals surface area (Å²) in [6, 6.07) is 18.1. The summed E-state index contributed by atoms with van der Waals surface area (Å²) in [5, 5.41) is 22.4. The molecule has 0 saturated carbocycles. The van der Waals surface area contributed by atoms with Gasteiger partial charge in [0, 0.05) is 18.9 Å². The summed E-state index contributed by atoms with van der Waals surface area (Å²) in [7, 11) is 0. The van der Waals surface area contributed by atoms with E-state index in [0.29, 0.717) is 24.5 Å². The van der Waals surface area contributed by atoms with E-state index in [1.165, 1.54) is 4.68 Å². The Morgan fingerprint density at radius 3 is 2.52 bits per heavy atom. The van der Waals surface area contributed by atoms with E-state index in [0.717, 1.165) is 22.3 Å². The molecule has 1 amide bonds. The number of nitrogens with zero attached hydrogens (tertiary/aromatic N) is 5. The number of nitrogens with one attached hydrogen (secondary N) is 1. The molecule has 0 fully saturated rings. The van der Waals surface area contributed by atoms with E-state index >= 15 is 0 Å². The maximum Gasteiger partial charge on any atom is 0.312 e. The summed E-state index contributed by atoms with van der Waals surface area (Å²) >= 11 is 0. The zero-order valence-corrected chi connectivity index (χ0v) is 18.4. The molecule has 4 rings (SSSR count). The Bertz CT molecular complexity index is 1280. The summed E-state index contributed by atoms with van der Waals surface area (Å²) < 4.78 is 3.24. The Kier molecular flexibility index (Phi) is 6.30. The van der Waals surface area contributed by atoms with Crippen LogP contribution in [0.2, 0.25) is 0 Å². The molecular weight excluding hydrogens is 420 g/mol. The number of hydrogen-bond acceptors (Lipinski definition) is 5. The van der Waals surface area contributed by atoms with Gasteiger partial charge in [-0.3, -0.25) is 24.3 Å². The molecule has 33 heavy (non-hydrogen) atoms. The second-order valence-electron chi connectivity index (χ2n) is 7.77. The fourth-order valence-corrected chi connectivity index (χ4v) is 3.82. The number of aromatic nitrogens is 4. The standard InChI is InChI=1S/C24H24N6O3/c1-17-24(30(32)33)18(2)29(27-17)16-23(31)25-14-21-6-3-4-7-22(21)20-10-8-19(9-11-20)15-28-13-5-12-26-28/h3-13H,14-16H2,1-2H3,(H,25,31). The molecule has 9 heteroatoms. The van der Waals surface area contributed by atoms with Crippen LogP contribution in [0.1, 0.15) is 22.5 Å². The van der Waals surface area contributed by atoms with Crippen LogP contribution in [0, 0.1) is 24.0 Å². The van der Waals surface area contributed by atoms with Gasteiger partial charge in [0.05, 0.1) is 11.5 Å². The number of nitro groups is 1. The molecule has 0 aliphatic carbocycles. The highest BCUT2D eigenvalue weighted by molar-refractivity contribution is 5.76. The van der Waals surface area contributed by atoms with Gasteiger partial charge >= 0.3 is 5.69 Å². The van der Waals surface area contributed by atoms with E-state index in [4.69, 9.17) is 0 Å². The maximum absolute atomic E-state index is 12.5. The third-order valence-corrected chi connectivity index (χ3v) is 5.48. The van der Waals surface area contributed by atoms with Crippen molar-refractivity contribution in [1.29, 1.82) is 0 Å². The van der Waals surface area contributed by atoms with E-state index in [1.807, 2.05) is 41.2 Å². The minimum Gasteiger partial charge on any atom is -0.350 e. The topological polar surface area (TPSA) is 108 Å². The molecule has 0 atom stereocenters. The second-order valence-corrected chi connectivity index (χ2v) is 7.77. The Labute approximate surface area is 190 Å². The molecule has 0 radical (unpaired) electrons. The van der Waals surface area contributed by atoms with Crippen LogP contribution >= 0.6 is 0 Å². The molecule has 0 unspecified atom stereocenters. The van der Waals surface area contributed by atoms with Gasteiger partial charge in [0.25, 0.3) is 0 Å². The number of aryl methyl sites for hydroxylation is 1. The molecule has 2 heterocycles. The van der Waals surface area contributed by atoms with Crippen molar-refractivity contribution in [3.63, 3.8) is 0 Å². The van der Waals surface area contributed by atoms with Crippen LogP contribution in [0.15, 0.2) is 67.0 Å². The van der Waals surface area contributed by atoms with Crippen molar-refractivity contribution >= 4 is 11.6 Å². The van der Waals surface area contributed by atoms with Crippen molar-refractivity contribution in [1.82, 2.24) is 24.9 Å². The molecule has 1 N–H and O–H groups in total. The smallest absolute Gasteiger partial charge is 0.312 e. The molecule has 2 aromatic carbocycles. The molecule has 0 bridgehead atoms. The average Bonchev–Trinajstić information content (AvgIpc) is 3.40. The van der Waals surface area contributed by atoms with Gasteiger partial charge in [0.1, 0.15) is 17.9 Å². The van der Waals surface area contributed by atoms with Gasteiger partial charge in [-0.1, -0.05) is 48.5 Å². The minimum absolute atomic E-state index is 0.0517. The van der Waals surface area contributed by atoms with Crippen LogP contribution in [0.5, 0.6) is 0 Å². The van der Waals surface area contributed by atoms with E-state index < -0.39 is 4.92 Å². The van der Waals surface area contributed by atoms with Gasteiger partial charge in [-0.05, 0) is 42.2 Å². The molecular formula is C24H24N6O3. The molecule has 0 spiro atoms. The summed E-state index contributed by atoms with van der Waals surface area (Å²) in [6.45, 7) is 4.12. The van der Waals surface area contributed by atoms with Crippen LogP contribution in [0.3, 0.4) is 0 Å². The normalized spacial score (nSPS) is 10.8. The van der Waals surface area contributed by atoms with Gasteiger partial charge in [-0.2, -0.15) is 10.2 Å². The number of benzene rings is 2. The molecule has 0 aliphatic rings. The summed E-state index contributed by atoms with van der Waals surface area (Å²) in [5.74, 6) is -0.264. The van der Waals surface area contributed by atoms with Crippen molar-refractivity contribution in [2.24, 2.45) is 0 Å². The highest BCUT2D eigenvalue weighted by Crippen LogP contribution is 2.25. The molecule has 0 aliphatic heterocycles. The lowest BCUT2D eigenvalue weighted by molar-refractivity contribution is -0.386. The van der Waals surface area contributed by atoms with Crippen molar-refractivity contribution in [3.8, 4) is 11.1 Å². The Hall–Kier alpha value is -4.27. The fraction of sp³-hybridized carbons (Fsp3) is 0.208. The van der Waals surface area contributed by atoms with Crippen LogP contribution in [-0.2, 0) is 24.4 Å². The maximum atomic E-state index is 12.5. The van der Waals surface area contributed by atoms with Crippen molar-refractivity contribution in [3.05, 3.63) is 99.6 Å². The minimum atomic E-state index is -0.470. The summed E-state index contributed by atoms with van der Waals surface area (Å²) in [5.41, 5.74) is 4.82. The highest BCUT2D eigenvalue weighted by Gasteiger charge is 2.22. The number of carbonyl (C=O) groups is 1. The van der Waals surface area contributed by atoms with Gasteiger partial charge in [0.2, 0.25) is 5.91 Å². The molecule has 2 aromatic heterocycles. The number of hydrogen-bond donors (Lipinski definition) is 1. The van der Waals surface area contributed by atoms with Crippen molar-refractivity contribution in [2.75, 3.05) is 0 Å². The molecule has 168 valence electrons. The van der Waals surface area contributed by atoms with Crippen LogP contribution in [0.4, 0.5) is 5.69 Å². The summed E-state index contributed by atoms with van der Waals surface area (Å²) in [4.78, 5) is 23.2. The van der Waals surface area contributed by atoms with Crippen molar-refractivity contribution < 1.29 is 9.72 Å². The average molecular weight is 444 g/mol. The Morgan fingerprint density at radius 2 is 1.85 bits per heavy atom. The van der Waals surface area contributed by atoms with Gasteiger partial charge in [-0.15, -0.1) is 0 Å². The second kappa shape index (κ2) is 9.47. The number of amides is 1. The predicted octanol–water partition coefficient (Wildman–Crippen LogP) is 3.64. The first kappa shape index (κ1) is 21.9. The van der Waals surface area contributed by atoms with E-state index in [1.54, 1.807) is 20.0 Å². The van der Waals surface area contributed by atoms with Crippen LogP contribution in [0.25, 0.3) is 11.1 Å². The SMILES string of the molecule is Cc1nn(CC(=O)NCc2ccccc2-c2ccc(Cn3cccn3)cc2)c(C)c1[N+](=O)[O-]. The van der Waals surface area contributed by atoms with Crippen molar-refractivity contribution in [2.45, 2.75) is 33.5 Å². The zero-order chi connectivity index (χ0) is 23.4. The lowest BCUT2D eigenvalue weighted by atomic mass is 9.98. The lowest BCUT2D eigenvalue weighted by Gasteiger charge is -2.12.